The molecule has 0 atom stereocenters. The number of hydrogen-bond donors (Lipinski definition) is 0. The Morgan fingerprint density at radius 1 is 1.35 bits per heavy atom. The normalized spacial score (nSPS) is 10.6. The molecule has 0 bridgehead atoms. The van der Waals surface area contributed by atoms with Crippen molar-refractivity contribution in [3.63, 3.8) is 0 Å². The number of nitrogens with zero attached hydrogens (tertiary/aromatic N) is 4. The average molecular weight is 293 g/mol. The van der Waals surface area contributed by atoms with E-state index in [1.807, 2.05) is 25.3 Å². The zero-order chi connectivity index (χ0) is 14.4. The predicted octanol–water partition coefficient (Wildman–Crippen LogP) is 2.49. The van der Waals surface area contributed by atoms with Crippen LogP contribution in [0.2, 0.25) is 5.15 Å². The van der Waals surface area contributed by atoms with Gasteiger partial charge in [-0.1, -0.05) is 17.7 Å². The molecule has 0 aliphatic heterocycles. The van der Waals surface area contributed by atoms with Crippen molar-refractivity contribution in [1.82, 2.24) is 15.0 Å². The lowest BCUT2D eigenvalue weighted by molar-refractivity contribution is 0.205. The summed E-state index contributed by atoms with van der Waals surface area (Å²) in [5.41, 5.74) is 1.11. The van der Waals surface area contributed by atoms with Crippen LogP contribution >= 0.6 is 11.6 Å². The lowest BCUT2D eigenvalue weighted by atomic mass is 10.2. The van der Waals surface area contributed by atoms with Gasteiger partial charge in [0.05, 0.1) is 6.61 Å². The maximum atomic E-state index is 6.01. The number of halogens is 1. The van der Waals surface area contributed by atoms with E-state index in [0.717, 1.165) is 17.9 Å². The summed E-state index contributed by atoms with van der Waals surface area (Å²) in [5, 5.41) is 0.445. The lowest BCUT2D eigenvalue weighted by Gasteiger charge is -2.23. The predicted molar refractivity (Wildman–Crippen MR) is 78.9 cm³/mol. The fourth-order valence-electron chi connectivity index (χ4n) is 1.87. The zero-order valence-corrected chi connectivity index (χ0v) is 12.3. The molecule has 0 aliphatic carbocycles. The fourth-order valence-corrected chi connectivity index (χ4v) is 2.09. The van der Waals surface area contributed by atoms with E-state index in [0.29, 0.717) is 24.1 Å². The van der Waals surface area contributed by atoms with E-state index in [9.17, 15) is 0 Å². The summed E-state index contributed by atoms with van der Waals surface area (Å²) in [6, 6.07) is 5.71. The third-order valence-corrected chi connectivity index (χ3v) is 2.97. The summed E-state index contributed by atoms with van der Waals surface area (Å²) in [6.07, 6.45) is 3.60. The van der Waals surface area contributed by atoms with Crippen molar-refractivity contribution in [2.24, 2.45) is 0 Å². The van der Waals surface area contributed by atoms with Crippen molar-refractivity contribution in [1.29, 1.82) is 0 Å². The van der Waals surface area contributed by atoms with Crippen LogP contribution in [-0.2, 0) is 11.3 Å². The highest BCUT2D eigenvalue weighted by atomic mass is 35.5. The Morgan fingerprint density at radius 3 is 2.85 bits per heavy atom. The summed E-state index contributed by atoms with van der Waals surface area (Å²) in [6.45, 7) is 3.86. The molecule has 0 amide bonds. The van der Waals surface area contributed by atoms with Crippen molar-refractivity contribution >= 4 is 17.4 Å². The largest absolute Gasteiger partial charge is 0.383 e. The number of ether oxygens (including phenoxy) is 1. The van der Waals surface area contributed by atoms with Gasteiger partial charge < -0.3 is 9.64 Å². The number of aromatic nitrogens is 3. The molecule has 20 heavy (non-hydrogen) atoms. The molecule has 0 spiro atoms. The maximum absolute atomic E-state index is 6.01. The molecule has 0 saturated carbocycles. The third-order valence-electron chi connectivity index (χ3n) is 2.78. The van der Waals surface area contributed by atoms with Gasteiger partial charge in [-0.25, -0.2) is 9.97 Å². The molecule has 0 N–H and O–H groups in total. The van der Waals surface area contributed by atoms with Crippen molar-refractivity contribution in [2.45, 2.75) is 13.5 Å². The van der Waals surface area contributed by atoms with Gasteiger partial charge in [-0.15, -0.1) is 0 Å². The smallest absolute Gasteiger partial charge is 0.134 e. The lowest BCUT2D eigenvalue weighted by Crippen LogP contribution is -2.28. The molecule has 0 radical (unpaired) electrons. The number of aryl methyl sites for hydroxylation is 1. The van der Waals surface area contributed by atoms with Gasteiger partial charge in [0.2, 0.25) is 0 Å². The highest BCUT2D eigenvalue weighted by Crippen LogP contribution is 2.18. The Kier molecular flexibility index (Phi) is 5.26. The van der Waals surface area contributed by atoms with E-state index in [-0.39, 0.29) is 0 Å². The van der Waals surface area contributed by atoms with Crippen LogP contribution in [-0.4, -0.2) is 35.2 Å². The number of hydrogen-bond acceptors (Lipinski definition) is 5. The molecule has 0 saturated heterocycles. The molecule has 2 rings (SSSR count). The van der Waals surface area contributed by atoms with Crippen LogP contribution in [0.5, 0.6) is 0 Å². The minimum atomic E-state index is 0.445. The molecule has 2 heterocycles. The van der Waals surface area contributed by atoms with Crippen molar-refractivity contribution < 1.29 is 4.74 Å². The van der Waals surface area contributed by atoms with Gasteiger partial charge in [0.25, 0.3) is 0 Å². The summed E-state index contributed by atoms with van der Waals surface area (Å²) >= 11 is 6.01. The van der Waals surface area contributed by atoms with E-state index in [2.05, 4.69) is 19.9 Å². The van der Waals surface area contributed by atoms with Gasteiger partial charge in [-0.2, -0.15) is 0 Å². The summed E-state index contributed by atoms with van der Waals surface area (Å²) in [5.74, 6) is 1.45. The Balaban J connectivity index is 2.22. The molecule has 0 fully saturated rings. The van der Waals surface area contributed by atoms with Crippen LogP contribution in [0.3, 0.4) is 0 Å². The van der Waals surface area contributed by atoms with Crippen LogP contribution in [0, 0.1) is 6.92 Å². The fraction of sp³-hybridized carbons (Fsp3) is 0.357. The first-order valence-electron chi connectivity index (χ1n) is 6.33. The van der Waals surface area contributed by atoms with Crippen LogP contribution < -0.4 is 4.90 Å². The molecular weight excluding hydrogens is 276 g/mol. The highest BCUT2D eigenvalue weighted by molar-refractivity contribution is 6.29. The molecule has 5 nitrogen and oxygen atoms in total. The van der Waals surface area contributed by atoms with Crippen LogP contribution in [0.15, 0.2) is 30.6 Å². The van der Waals surface area contributed by atoms with Gasteiger partial charge >= 0.3 is 0 Å². The van der Waals surface area contributed by atoms with Crippen molar-refractivity contribution in [3.8, 4) is 0 Å². The van der Waals surface area contributed by atoms with Crippen molar-refractivity contribution in [3.05, 3.63) is 47.1 Å². The second kappa shape index (κ2) is 7.17. The molecule has 0 unspecified atom stereocenters. The molecule has 2 aromatic heterocycles. The van der Waals surface area contributed by atoms with Crippen LogP contribution in [0.4, 0.5) is 5.82 Å². The first-order valence-corrected chi connectivity index (χ1v) is 6.71. The van der Waals surface area contributed by atoms with Gasteiger partial charge in [0.15, 0.2) is 0 Å². The van der Waals surface area contributed by atoms with Gasteiger partial charge in [0, 0.05) is 38.7 Å². The van der Waals surface area contributed by atoms with Crippen molar-refractivity contribution in [2.75, 3.05) is 25.2 Å². The van der Waals surface area contributed by atoms with E-state index in [1.165, 1.54) is 0 Å². The summed E-state index contributed by atoms with van der Waals surface area (Å²) in [4.78, 5) is 14.8. The third kappa shape index (κ3) is 4.15. The van der Waals surface area contributed by atoms with Crippen LogP contribution in [0.1, 0.15) is 11.4 Å². The van der Waals surface area contributed by atoms with E-state index >= 15 is 0 Å². The number of methoxy groups -OCH3 is 1. The Bertz CT molecular complexity index is 530. The SMILES string of the molecule is COCCN(Cc1cccnc1)c1cc(Cl)nc(C)n1. The summed E-state index contributed by atoms with van der Waals surface area (Å²) in [7, 11) is 1.68. The minimum Gasteiger partial charge on any atom is -0.383 e. The topological polar surface area (TPSA) is 51.1 Å². The summed E-state index contributed by atoms with van der Waals surface area (Å²) < 4.78 is 5.16. The molecule has 106 valence electrons. The molecule has 6 heteroatoms. The molecule has 0 aromatic carbocycles. The Labute approximate surface area is 123 Å². The number of anilines is 1. The monoisotopic (exact) mass is 292 g/mol. The van der Waals surface area contributed by atoms with Crippen LogP contribution in [0.25, 0.3) is 0 Å². The van der Waals surface area contributed by atoms with E-state index in [4.69, 9.17) is 16.3 Å². The first-order chi connectivity index (χ1) is 9.69. The molecule has 0 aliphatic rings. The molecular formula is C14H17ClN4O. The highest BCUT2D eigenvalue weighted by Gasteiger charge is 2.11. The first kappa shape index (κ1) is 14.7. The van der Waals surface area contributed by atoms with Gasteiger partial charge in [-0.05, 0) is 18.6 Å². The second-order valence-electron chi connectivity index (χ2n) is 4.37. The second-order valence-corrected chi connectivity index (χ2v) is 4.76. The van der Waals surface area contributed by atoms with E-state index in [1.54, 1.807) is 19.4 Å². The zero-order valence-electron chi connectivity index (χ0n) is 11.6. The Hall–Kier alpha value is -1.72. The quantitative estimate of drug-likeness (QED) is 0.766. The minimum absolute atomic E-state index is 0.445. The number of pyridine rings is 1. The van der Waals surface area contributed by atoms with Gasteiger partial charge in [0.1, 0.15) is 16.8 Å². The number of rotatable bonds is 6. The van der Waals surface area contributed by atoms with Gasteiger partial charge in [-0.3, -0.25) is 4.98 Å². The Morgan fingerprint density at radius 2 is 2.20 bits per heavy atom. The standard InChI is InChI=1S/C14H17ClN4O/c1-11-17-13(15)8-14(18-11)19(6-7-20-2)10-12-4-3-5-16-9-12/h3-5,8-9H,6-7,10H2,1-2H3. The average Bonchev–Trinajstić information content (AvgIpc) is 2.43. The maximum Gasteiger partial charge on any atom is 0.134 e. The molecule has 2 aromatic rings. The van der Waals surface area contributed by atoms with E-state index < -0.39 is 0 Å².